The van der Waals surface area contributed by atoms with E-state index in [4.69, 9.17) is 4.98 Å². The molecule has 0 atom stereocenters. The summed E-state index contributed by atoms with van der Waals surface area (Å²) in [6, 6.07) is 8.01. The summed E-state index contributed by atoms with van der Waals surface area (Å²) < 4.78 is 0. The Morgan fingerprint density at radius 2 is 1.80 bits per heavy atom. The molecule has 2 aromatic rings. The quantitative estimate of drug-likeness (QED) is 0.808. The van der Waals surface area contributed by atoms with E-state index >= 15 is 0 Å². The number of hydrogen-bond acceptors (Lipinski definition) is 4. The van der Waals surface area contributed by atoms with Crippen molar-refractivity contribution in [2.75, 3.05) is 36.4 Å². The summed E-state index contributed by atoms with van der Waals surface area (Å²) in [6.07, 6.45) is 5.06. The molecule has 4 rings (SSSR count). The first-order valence-electron chi connectivity index (χ1n) is 11.2. The predicted molar refractivity (Wildman–Crippen MR) is 121 cm³/mol. The van der Waals surface area contributed by atoms with Gasteiger partial charge in [-0.05, 0) is 68.4 Å². The van der Waals surface area contributed by atoms with Crippen LogP contribution in [0.15, 0.2) is 24.3 Å². The van der Waals surface area contributed by atoms with Crippen molar-refractivity contribution in [2.45, 2.75) is 52.4 Å². The molecule has 0 bridgehead atoms. The topological polar surface area (TPSA) is 65.5 Å². The molecule has 6 heteroatoms. The molecular formula is C24H32N4O2. The van der Waals surface area contributed by atoms with E-state index in [-0.39, 0.29) is 24.7 Å². The normalized spacial score (nSPS) is 17.5. The van der Waals surface area contributed by atoms with Crippen LogP contribution in [0.1, 0.15) is 51.0 Å². The number of likely N-dealkylation sites (tertiary alicyclic amines) is 1. The Bertz CT molecular complexity index is 928. The molecule has 160 valence electrons. The molecule has 3 heterocycles. The van der Waals surface area contributed by atoms with Gasteiger partial charge in [0.25, 0.3) is 0 Å². The Labute approximate surface area is 178 Å². The van der Waals surface area contributed by atoms with Crippen LogP contribution in [0.3, 0.4) is 0 Å². The fourth-order valence-corrected chi connectivity index (χ4v) is 4.42. The summed E-state index contributed by atoms with van der Waals surface area (Å²) in [7, 11) is 0. The average molecular weight is 409 g/mol. The van der Waals surface area contributed by atoms with Gasteiger partial charge in [0.1, 0.15) is 5.82 Å². The van der Waals surface area contributed by atoms with Crippen LogP contribution in [0.4, 0.5) is 11.5 Å². The number of aromatic nitrogens is 1. The van der Waals surface area contributed by atoms with E-state index < -0.39 is 0 Å². The van der Waals surface area contributed by atoms with Gasteiger partial charge >= 0.3 is 0 Å². The van der Waals surface area contributed by atoms with Gasteiger partial charge in [-0.1, -0.05) is 6.92 Å². The number of carbonyl (C=O) groups excluding carboxylic acids is 2. The zero-order chi connectivity index (χ0) is 21.1. The minimum Gasteiger partial charge on any atom is -0.357 e. The first-order valence-corrected chi connectivity index (χ1v) is 11.2. The monoisotopic (exact) mass is 408 g/mol. The molecule has 0 spiro atoms. The van der Waals surface area contributed by atoms with Crippen LogP contribution >= 0.6 is 0 Å². The molecule has 2 aliphatic rings. The number of pyridine rings is 1. The number of aryl methyl sites for hydroxylation is 1. The third-order valence-corrected chi connectivity index (χ3v) is 6.42. The Morgan fingerprint density at radius 3 is 2.53 bits per heavy atom. The van der Waals surface area contributed by atoms with Gasteiger partial charge < -0.3 is 15.1 Å². The predicted octanol–water partition coefficient (Wildman–Crippen LogP) is 4.12. The molecular weight excluding hydrogens is 376 g/mol. The number of piperidine rings is 1. The van der Waals surface area contributed by atoms with Crippen molar-refractivity contribution >= 4 is 34.2 Å². The lowest BCUT2D eigenvalue weighted by molar-refractivity contribution is -0.131. The Hall–Kier alpha value is -2.63. The van der Waals surface area contributed by atoms with E-state index in [1.54, 1.807) is 0 Å². The first-order chi connectivity index (χ1) is 14.5. The molecule has 0 radical (unpaired) electrons. The van der Waals surface area contributed by atoms with Crippen molar-refractivity contribution in [1.29, 1.82) is 0 Å². The number of anilines is 2. The second-order valence-electron chi connectivity index (χ2n) is 8.83. The SMILES string of the molecule is Cc1cc(N2CCC(C)CC2)nc2ccc(NC(=O)CCC(=O)N3CCCC3)cc12. The molecule has 1 aromatic heterocycles. The van der Waals surface area contributed by atoms with E-state index in [9.17, 15) is 9.59 Å². The number of amides is 2. The van der Waals surface area contributed by atoms with Gasteiger partial charge in [-0.2, -0.15) is 0 Å². The minimum absolute atomic E-state index is 0.0841. The molecule has 2 saturated heterocycles. The molecule has 2 amide bonds. The van der Waals surface area contributed by atoms with Crippen LogP contribution in [0, 0.1) is 12.8 Å². The van der Waals surface area contributed by atoms with E-state index in [1.165, 1.54) is 12.8 Å². The molecule has 0 saturated carbocycles. The second kappa shape index (κ2) is 9.02. The minimum atomic E-state index is -0.119. The highest BCUT2D eigenvalue weighted by molar-refractivity contribution is 5.96. The highest BCUT2D eigenvalue weighted by atomic mass is 16.2. The lowest BCUT2D eigenvalue weighted by atomic mass is 9.99. The molecule has 0 unspecified atom stereocenters. The number of rotatable bonds is 5. The van der Waals surface area contributed by atoms with Crippen molar-refractivity contribution in [2.24, 2.45) is 5.92 Å². The number of carbonyl (C=O) groups is 2. The fourth-order valence-electron chi connectivity index (χ4n) is 4.42. The van der Waals surface area contributed by atoms with Crippen LogP contribution in [-0.4, -0.2) is 47.9 Å². The van der Waals surface area contributed by atoms with E-state index in [1.807, 2.05) is 23.1 Å². The molecule has 6 nitrogen and oxygen atoms in total. The summed E-state index contributed by atoms with van der Waals surface area (Å²) in [5, 5.41) is 3.99. The van der Waals surface area contributed by atoms with Crippen LogP contribution in [0.2, 0.25) is 0 Å². The highest BCUT2D eigenvalue weighted by Gasteiger charge is 2.19. The van der Waals surface area contributed by atoms with Gasteiger partial charge in [-0.25, -0.2) is 4.98 Å². The van der Waals surface area contributed by atoms with Gasteiger partial charge in [0.2, 0.25) is 11.8 Å². The summed E-state index contributed by atoms with van der Waals surface area (Å²) in [5.41, 5.74) is 2.87. The Kier molecular flexibility index (Phi) is 6.21. The van der Waals surface area contributed by atoms with Crippen LogP contribution in [-0.2, 0) is 9.59 Å². The third kappa shape index (κ3) is 4.74. The fraction of sp³-hybridized carbons (Fsp3) is 0.542. The lowest BCUT2D eigenvalue weighted by Crippen LogP contribution is -2.33. The maximum absolute atomic E-state index is 12.3. The smallest absolute Gasteiger partial charge is 0.224 e. The number of fused-ring (bicyclic) bond motifs is 1. The largest absolute Gasteiger partial charge is 0.357 e. The molecule has 2 aliphatic heterocycles. The van der Waals surface area contributed by atoms with Crippen LogP contribution in [0.5, 0.6) is 0 Å². The van der Waals surface area contributed by atoms with Crippen molar-refractivity contribution in [1.82, 2.24) is 9.88 Å². The molecule has 0 aliphatic carbocycles. The molecule has 1 N–H and O–H groups in total. The van der Waals surface area contributed by atoms with E-state index in [0.29, 0.717) is 0 Å². The van der Waals surface area contributed by atoms with Gasteiger partial charge in [0.05, 0.1) is 5.52 Å². The van der Waals surface area contributed by atoms with Crippen molar-refractivity contribution in [3.8, 4) is 0 Å². The molecule has 30 heavy (non-hydrogen) atoms. The molecule has 2 fully saturated rings. The average Bonchev–Trinajstić information content (AvgIpc) is 3.28. The zero-order valence-electron chi connectivity index (χ0n) is 18.1. The van der Waals surface area contributed by atoms with Crippen molar-refractivity contribution < 1.29 is 9.59 Å². The summed E-state index contributed by atoms with van der Waals surface area (Å²) >= 11 is 0. The van der Waals surface area contributed by atoms with Crippen LogP contribution in [0.25, 0.3) is 10.9 Å². The number of hydrogen-bond donors (Lipinski definition) is 1. The third-order valence-electron chi connectivity index (χ3n) is 6.42. The molecule has 1 aromatic carbocycles. The first kappa shape index (κ1) is 20.6. The number of nitrogens with one attached hydrogen (secondary N) is 1. The van der Waals surface area contributed by atoms with Gasteiger partial charge in [-0.3, -0.25) is 9.59 Å². The standard InChI is InChI=1S/C24H32N4O2/c1-17-9-13-27(14-10-17)22-15-18(2)20-16-19(5-6-21(20)26-22)25-23(29)7-8-24(30)28-11-3-4-12-28/h5-6,15-17H,3-4,7-14H2,1-2H3,(H,25,29). The Balaban J connectivity index is 1.40. The maximum Gasteiger partial charge on any atom is 0.224 e. The van der Waals surface area contributed by atoms with E-state index in [0.717, 1.165) is 72.9 Å². The number of benzene rings is 1. The van der Waals surface area contributed by atoms with Crippen LogP contribution < -0.4 is 10.2 Å². The summed E-state index contributed by atoms with van der Waals surface area (Å²) in [5.74, 6) is 1.80. The van der Waals surface area contributed by atoms with Crippen molar-refractivity contribution in [3.63, 3.8) is 0 Å². The lowest BCUT2D eigenvalue weighted by Gasteiger charge is -2.31. The zero-order valence-corrected chi connectivity index (χ0v) is 18.1. The maximum atomic E-state index is 12.3. The summed E-state index contributed by atoms with van der Waals surface area (Å²) in [4.78, 5) is 33.6. The highest BCUT2D eigenvalue weighted by Crippen LogP contribution is 2.28. The van der Waals surface area contributed by atoms with Gasteiger partial charge in [-0.15, -0.1) is 0 Å². The number of nitrogens with zero attached hydrogens (tertiary/aromatic N) is 3. The Morgan fingerprint density at radius 1 is 1.07 bits per heavy atom. The van der Waals surface area contributed by atoms with Crippen molar-refractivity contribution in [3.05, 3.63) is 29.8 Å². The van der Waals surface area contributed by atoms with E-state index in [2.05, 4.69) is 30.1 Å². The second-order valence-corrected chi connectivity index (χ2v) is 8.83. The van der Waals surface area contributed by atoms with Gasteiger partial charge in [0.15, 0.2) is 0 Å². The summed E-state index contributed by atoms with van der Waals surface area (Å²) in [6.45, 7) is 8.19. The van der Waals surface area contributed by atoms with Gasteiger partial charge in [0, 0.05) is 50.1 Å².